The van der Waals surface area contributed by atoms with Gasteiger partial charge in [-0.3, -0.25) is 0 Å². The van der Waals surface area contributed by atoms with Crippen molar-refractivity contribution in [2.24, 2.45) is 4.99 Å². The van der Waals surface area contributed by atoms with Gasteiger partial charge in [0.05, 0.1) is 5.54 Å². The van der Waals surface area contributed by atoms with E-state index in [9.17, 15) is 4.79 Å². The van der Waals surface area contributed by atoms with Crippen LogP contribution in [-0.2, 0) is 23.3 Å². The first-order valence-electron chi connectivity index (χ1n) is 6.13. The molecular formula is C14H16N2O. The van der Waals surface area contributed by atoms with Gasteiger partial charge in [-0.15, -0.1) is 0 Å². The Kier molecular flexibility index (Phi) is 2.39. The van der Waals surface area contributed by atoms with Gasteiger partial charge in [0.1, 0.15) is 0 Å². The molecule has 0 unspecified atom stereocenters. The molecular weight excluding hydrogens is 212 g/mol. The highest BCUT2D eigenvalue weighted by atomic mass is 16.1. The molecule has 0 radical (unpaired) electrons. The molecule has 0 bridgehead atoms. The van der Waals surface area contributed by atoms with Gasteiger partial charge < -0.3 is 4.90 Å². The summed E-state index contributed by atoms with van der Waals surface area (Å²) in [5, 5.41) is 0. The number of hydrogen-bond acceptors (Lipinski definition) is 3. The predicted molar refractivity (Wildman–Crippen MR) is 65.5 cm³/mol. The summed E-state index contributed by atoms with van der Waals surface area (Å²) in [6.07, 6.45) is 4.79. The van der Waals surface area contributed by atoms with Gasteiger partial charge in [0.15, 0.2) is 0 Å². The second-order valence-electron chi connectivity index (χ2n) is 5.21. The van der Waals surface area contributed by atoms with E-state index >= 15 is 0 Å². The SMILES string of the molecule is CN1CCc2cc(C3(N=C=O)CC3)ccc2C1. The molecule has 0 aromatic heterocycles. The molecule has 0 N–H and O–H groups in total. The zero-order valence-corrected chi connectivity index (χ0v) is 10.1. The van der Waals surface area contributed by atoms with Crippen molar-refractivity contribution in [3.8, 4) is 0 Å². The number of likely N-dealkylation sites (N-methyl/N-ethyl adjacent to an activating group) is 1. The standard InChI is InChI=1S/C14H16N2O/c1-16-7-4-11-8-13(3-2-12(11)9-16)14(5-6-14)15-10-17/h2-3,8H,4-7,9H2,1H3. The lowest BCUT2D eigenvalue weighted by molar-refractivity contribution is 0.312. The summed E-state index contributed by atoms with van der Waals surface area (Å²) in [5.74, 6) is 0. The fourth-order valence-electron chi connectivity index (χ4n) is 2.65. The maximum Gasteiger partial charge on any atom is 0.235 e. The average Bonchev–Trinajstić information content (AvgIpc) is 3.10. The fraction of sp³-hybridized carbons (Fsp3) is 0.500. The quantitative estimate of drug-likeness (QED) is 0.573. The second-order valence-corrected chi connectivity index (χ2v) is 5.21. The molecule has 1 saturated carbocycles. The molecule has 1 aromatic carbocycles. The molecule has 0 spiro atoms. The maximum atomic E-state index is 10.5. The number of benzene rings is 1. The molecule has 1 aromatic rings. The summed E-state index contributed by atoms with van der Waals surface area (Å²) in [6, 6.07) is 6.57. The second kappa shape index (κ2) is 3.80. The van der Waals surface area contributed by atoms with Crippen molar-refractivity contribution in [1.29, 1.82) is 0 Å². The third-order valence-electron chi connectivity index (χ3n) is 3.93. The number of hydrogen-bond donors (Lipinski definition) is 0. The summed E-state index contributed by atoms with van der Waals surface area (Å²) >= 11 is 0. The number of carbonyl (C=O) groups excluding carboxylic acids is 1. The lowest BCUT2D eigenvalue weighted by Crippen LogP contribution is -2.26. The first-order chi connectivity index (χ1) is 8.23. The van der Waals surface area contributed by atoms with Gasteiger partial charge in [-0.1, -0.05) is 18.2 Å². The van der Waals surface area contributed by atoms with E-state index in [1.807, 2.05) is 0 Å². The summed E-state index contributed by atoms with van der Waals surface area (Å²) in [7, 11) is 2.15. The highest BCUT2D eigenvalue weighted by molar-refractivity contribution is 5.44. The number of fused-ring (bicyclic) bond motifs is 1. The normalized spacial score (nSPS) is 21.5. The first kappa shape index (κ1) is 10.7. The van der Waals surface area contributed by atoms with Crippen LogP contribution in [0.2, 0.25) is 0 Å². The Balaban J connectivity index is 1.96. The van der Waals surface area contributed by atoms with Crippen LogP contribution in [0, 0.1) is 0 Å². The molecule has 3 heteroatoms. The average molecular weight is 228 g/mol. The summed E-state index contributed by atoms with van der Waals surface area (Å²) in [4.78, 5) is 16.8. The van der Waals surface area contributed by atoms with Gasteiger partial charge in [0.25, 0.3) is 0 Å². The maximum absolute atomic E-state index is 10.5. The Hall–Kier alpha value is -1.44. The minimum absolute atomic E-state index is 0.222. The zero-order chi connectivity index (χ0) is 11.9. The van der Waals surface area contributed by atoms with Crippen LogP contribution in [0.1, 0.15) is 29.5 Å². The number of nitrogens with zero attached hydrogens (tertiary/aromatic N) is 2. The molecule has 2 aliphatic rings. The summed E-state index contributed by atoms with van der Waals surface area (Å²) in [6.45, 7) is 2.14. The third-order valence-corrected chi connectivity index (χ3v) is 3.93. The topological polar surface area (TPSA) is 32.7 Å². The molecule has 17 heavy (non-hydrogen) atoms. The van der Waals surface area contributed by atoms with E-state index in [1.165, 1.54) is 16.7 Å². The predicted octanol–water partition coefficient (Wildman–Crippen LogP) is 2.00. The van der Waals surface area contributed by atoms with Crippen molar-refractivity contribution < 1.29 is 4.79 Å². The van der Waals surface area contributed by atoms with E-state index in [-0.39, 0.29) is 5.54 Å². The van der Waals surface area contributed by atoms with Crippen molar-refractivity contribution in [3.05, 3.63) is 34.9 Å². The Morgan fingerprint density at radius 3 is 2.88 bits per heavy atom. The molecule has 0 saturated heterocycles. The molecule has 3 rings (SSSR count). The third kappa shape index (κ3) is 1.82. The Morgan fingerprint density at radius 2 is 2.18 bits per heavy atom. The van der Waals surface area contributed by atoms with Crippen LogP contribution in [0.25, 0.3) is 0 Å². The lowest BCUT2D eigenvalue weighted by atomic mass is 9.94. The smallest absolute Gasteiger partial charge is 0.235 e. The van der Waals surface area contributed by atoms with Gasteiger partial charge >= 0.3 is 0 Å². The van der Waals surface area contributed by atoms with E-state index in [2.05, 4.69) is 35.1 Å². The number of aliphatic imine (C=N–C) groups is 1. The highest BCUT2D eigenvalue weighted by Gasteiger charge is 2.45. The van der Waals surface area contributed by atoms with E-state index in [4.69, 9.17) is 0 Å². The van der Waals surface area contributed by atoms with Crippen molar-refractivity contribution in [1.82, 2.24) is 4.90 Å². The molecule has 1 fully saturated rings. The number of isocyanates is 1. The fourth-order valence-corrected chi connectivity index (χ4v) is 2.65. The summed E-state index contributed by atoms with van der Waals surface area (Å²) < 4.78 is 0. The Bertz CT molecular complexity index is 499. The molecule has 88 valence electrons. The molecule has 1 heterocycles. The van der Waals surface area contributed by atoms with Crippen LogP contribution in [0.4, 0.5) is 0 Å². The van der Waals surface area contributed by atoms with E-state index in [1.54, 1.807) is 6.08 Å². The van der Waals surface area contributed by atoms with Gasteiger partial charge in [-0.2, -0.15) is 4.99 Å². The van der Waals surface area contributed by atoms with E-state index in [0.717, 1.165) is 32.4 Å². The van der Waals surface area contributed by atoms with Crippen LogP contribution < -0.4 is 0 Å². The Morgan fingerprint density at radius 1 is 1.35 bits per heavy atom. The number of rotatable bonds is 2. The monoisotopic (exact) mass is 228 g/mol. The van der Waals surface area contributed by atoms with E-state index in [0.29, 0.717) is 0 Å². The lowest BCUT2D eigenvalue weighted by Gasteiger charge is -2.25. The minimum atomic E-state index is -0.222. The van der Waals surface area contributed by atoms with Gasteiger partial charge in [0.2, 0.25) is 6.08 Å². The van der Waals surface area contributed by atoms with Gasteiger partial charge in [-0.25, -0.2) is 4.79 Å². The van der Waals surface area contributed by atoms with Crippen LogP contribution in [0.5, 0.6) is 0 Å². The van der Waals surface area contributed by atoms with Crippen molar-refractivity contribution in [2.45, 2.75) is 31.3 Å². The molecule has 1 aliphatic carbocycles. The van der Waals surface area contributed by atoms with Crippen molar-refractivity contribution >= 4 is 6.08 Å². The minimum Gasteiger partial charge on any atom is -0.302 e. The van der Waals surface area contributed by atoms with Crippen LogP contribution >= 0.6 is 0 Å². The first-order valence-corrected chi connectivity index (χ1v) is 6.13. The highest BCUT2D eigenvalue weighted by Crippen LogP contribution is 2.49. The Labute approximate surface area is 101 Å². The molecule has 0 amide bonds. The van der Waals surface area contributed by atoms with Gasteiger partial charge in [-0.05, 0) is 43.0 Å². The molecule has 1 aliphatic heterocycles. The molecule has 0 atom stereocenters. The van der Waals surface area contributed by atoms with Crippen LogP contribution in [0.15, 0.2) is 23.2 Å². The van der Waals surface area contributed by atoms with Gasteiger partial charge in [0, 0.05) is 13.1 Å². The van der Waals surface area contributed by atoms with Crippen molar-refractivity contribution in [3.63, 3.8) is 0 Å². The van der Waals surface area contributed by atoms with Crippen LogP contribution in [0.3, 0.4) is 0 Å². The van der Waals surface area contributed by atoms with Crippen molar-refractivity contribution in [2.75, 3.05) is 13.6 Å². The molecule has 3 nitrogen and oxygen atoms in total. The van der Waals surface area contributed by atoms with Crippen LogP contribution in [-0.4, -0.2) is 24.6 Å². The largest absolute Gasteiger partial charge is 0.302 e. The zero-order valence-electron chi connectivity index (χ0n) is 10.1. The van der Waals surface area contributed by atoms with E-state index < -0.39 is 0 Å². The summed E-state index contributed by atoms with van der Waals surface area (Å²) in [5.41, 5.74) is 3.81.